The summed E-state index contributed by atoms with van der Waals surface area (Å²) in [7, 11) is 0. The Morgan fingerprint density at radius 3 is 1.78 bits per heavy atom. The number of rotatable bonds is 5. The molecule has 2 aromatic carbocycles. The molecule has 0 N–H and O–H groups in total. The Kier molecular flexibility index (Phi) is 7.24. The van der Waals surface area contributed by atoms with Crippen LogP contribution in [0.15, 0.2) is 29.2 Å². The number of thioether (sulfide) groups is 1. The van der Waals surface area contributed by atoms with Crippen LogP contribution in [0.4, 0.5) is 43.9 Å². The number of hydrogen-bond donors (Lipinski definition) is 0. The third-order valence-corrected chi connectivity index (χ3v) is 5.66. The zero-order chi connectivity index (χ0) is 24.7. The molecule has 1 radical (unpaired) electrons. The lowest BCUT2D eigenvalue weighted by atomic mass is 9.82. The van der Waals surface area contributed by atoms with E-state index < -0.39 is 40.9 Å². The van der Waals surface area contributed by atoms with Crippen LogP contribution in [0.3, 0.4) is 0 Å². The van der Waals surface area contributed by atoms with Crippen LogP contribution >= 0.6 is 11.8 Å². The Balaban J connectivity index is 3.06. The van der Waals surface area contributed by atoms with Gasteiger partial charge in [0.25, 0.3) is 0 Å². The lowest BCUT2D eigenvalue weighted by Gasteiger charge is -2.33. The second-order valence-electron chi connectivity index (χ2n) is 6.84. The molecule has 11 heteroatoms. The first-order valence-corrected chi connectivity index (χ1v) is 10.4. The molecule has 0 saturated carbocycles. The molecule has 0 aliphatic heterocycles. The molecule has 0 atom stereocenters. The van der Waals surface area contributed by atoms with Crippen LogP contribution in [0.1, 0.15) is 36.1 Å². The molecule has 0 aliphatic carbocycles. The number of benzene rings is 2. The van der Waals surface area contributed by atoms with Crippen molar-refractivity contribution in [1.82, 2.24) is 0 Å². The van der Waals surface area contributed by atoms with Gasteiger partial charge in [-0.15, -0.1) is 11.8 Å². The topological polar surface area (TPSA) is 0 Å². The molecule has 0 nitrogen and oxygen atoms in total. The first-order valence-electron chi connectivity index (χ1n) is 9.19. The fourth-order valence-electron chi connectivity index (χ4n) is 3.28. The van der Waals surface area contributed by atoms with Crippen LogP contribution < -0.4 is 0 Å². The maximum absolute atomic E-state index is 15.2. The molecular formula is C21H17F10S. The number of aryl methyl sites for hydroxylation is 2. The smallest absolute Gasteiger partial charge is 0.218 e. The average molecular weight is 491 g/mol. The molecule has 0 aromatic heterocycles. The summed E-state index contributed by atoms with van der Waals surface area (Å²) in [5, 5.41) is 0. The first-order chi connectivity index (χ1) is 14.5. The molecule has 0 saturated heterocycles. The van der Waals surface area contributed by atoms with Crippen molar-refractivity contribution >= 4 is 11.8 Å². The summed E-state index contributed by atoms with van der Waals surface area (Å²) >= 11 is 0.685. The average Bonchev–Trinajstić information content (AvgIpc) is 2.69. The molecular weight excluding hydrogens is 474 g/mol. The lowest BCUT2D eigenvalue weighted by molar-refractivity contribution is -0.348. The molecule has 0 amide bonds. The van der Waals surface area contributed by atoms with Crippen LogP contribution in [0.25, 0.3) is 11.1 Å². The SMILES string of the molecule is CCc1[c]c(CC)c(-c2ccc(C(F)(F)F)cc2SC)c(C(F)(C(F)(F)F)C(F)(F)F)c1. The van der Waals surface area contributed by atoms with Crippen molar-refractivity contribution in [3.63, 3.8) is 0 Å². The fourth-order valence-corrected chi connectivity index (χ4v) is 3.91. The molecule has 177 valence electrons. The minimum atomic E-state index is -6.37. The quantitative estimate of drug-likeness (QED) is 0.299. The molecule has 0 aliphatic rings. The molecule has 2 rings (SSSR count). The van der Waals surface area contributed by atoms with E-state index in [1.165, 1.54) is 20.1 Å². The van der Waals surface area contributed by atoms with E-state index in [-0.39, 0.29) is 34.4 Å². The van der Waals surface area contributed by atoms with Gasteiger partial charge in [-0.2, -0.15) is 39.5 Å². The summed E-state index contributed by atoms with van der Waals surface area (Å²) in [5.74, 6) is 0. The lowest BCUT2D eigenvalue weighted by Crippen LogP contribution is -2.50. The minimum absolute atomic E-state index is 0.0333. The third kappa shape index (κ3) is 4.58. The van der Waals surface area contributed by atoms with Crippen molar-refractivity contribution in [3.8, 4) is 11.1 Å². The van der Waals surface area contributed by atoms with E-state index in [4.69, 9.17) is 0 Å². The fraction of sp³-hybridized carbons (Fsp3) is 0.429. The van der Waals surface area contributed by atoms with Crippen LogP contribution in [-0.2, 0) is 24.7 Å². The van der Waals surface area contributed by atoms with Gasteiger partial charge in [-0.05, 0) is 59.6 Å². The van der Waals surface area contributed by atoms with Gasteiger partial charge < -0.3 is 0 Å². The molecule has 0 spiro atoms. The van der Waals surface area contributed by atoms with Gasteiger partial charge in [0.05, 0.1) is 5.56 Å². The largest absolute Gasteiger partial charge is 0.435 e. The zero-order valence-corrected chi connectivity index (χ0v) is 17.7. The highest BCUT2D eigenvalue weighted by Gasteiger charge is 2.74. The first kappa shape index (κ1) is 26.3. The van der Waals surface area contributed by atoms with E-state index in [1.807, 2.05) is 0 Å². The summed E-state index contributed by atoms with van der Waals surface area (Å²) in [6.07, 6.45) is -16.4. The highest BCUT2D eigenvalue weighted by Crippen LogP contribution is 2.56. The molecule has 0 unspecified atom stereocenters. The van der Waals surface area contributed by atoms with E-state index in [1.54, 1.807) is 0 Å². The summed E-state index contributed by atoms with van der Waals surface area (Å²) < 4.78 is 136. The molecule has 0 bridgehead atoms. The normalized spacial score (nSPS) is 13.5. The predicted molar refractivity (Wildman–Crippen MR) is 101 cm³/mol. The van der Waals surface area contributed by atoms with Gasteiger partial charge in [-0.3, -0.25) is 0 Å². The van der Waals surface area contributed by atoms with Gasteiger partial charge in [0.2, 0.25) is 0 Å². The molecule has 0 fully saturated rings. The number of halogens is 10. The van der Waals surface area contributed by atoms with Gasteiger partial charge >= 0.3 is 24.2 Å². The maximum atomic E-state index is 15.2. The second kappa shape index (κ2) is 8.79. The molecule has 32 heavy (non-hydrogen) atoms. The van der Waals surface area contributed by atoms with Crippen molar-refractivity contribution in [1.29, 1.82) is 0 Å². The Hall–Kier alpha value is -1.91. The van der Waals surface area contributed by atoms with Gasteiger partial charge in [-0.25, -0.2) is 4.39 Å². The van der Waals surface area contributed by atoms with E-state index in [0.29, 0.717) is 30.0 Å². The Bertz CT molecular complexity index is 956. The van der Waals surface area contributed by atoms with Crippen molar-refractivity contribution in [3.05, 3.63) is 52.6 Å². The summed E-state index contributed by atoms with van der Waals surface area (Å²) in [5.41, 5.74) is -9.97. The number of hydrogen-bond acceptors (Lipinski definition) is 1. The van der Waals surface area contributed by atoms with Crippen LogP contribution in [0.2, 0.25) is 0 Å². The molecule has 2 aromatic rings. The number of alkyl halides is 10. The summed E-state index contributed by atoms with van der Waals surface area (Å²) in [6, 6.07) is 5.04. The Labute approximate surface area is 182 Å². The summed E-state index contributed by atoms with van der Waals surface area (Å²) in [4.78, 5) is -0.250. The van der Waals surface area contributed by atoms with Crippen LogP contribution in [0.5, 0.6) is 0 Å². The zero-order valence-electron chi connectivity index (χ0n) is 16.9. The van der Waals surface area contributed by atoms with Gasteiger partial charge in [0.15, 0.2) is 0 Å². The minimum Gasteiger partial charge on any atom is -0.218 e. The van der Waals surface area contributed by atoms with Crippen molar-refractivity contribution in [2.24, 2.45) is 0 Å². The Morgan fingerprint density at radius 2 is 1.38 bits per heavy atom. The van der Waals surface area contributed by atoms with Crippen molar-refractivity contribution in [2.75, 3.05) is 6.26 Å². The van der Waals surface area contributed by atoms with Gasteiger partial charge in [0, 0.05) is 10.5 Å². The van der Waals surface area contributed by atoms with Crippen molar-refractivity contribution in [2.45, 2.75) is 55.8 Å². The van der Waals surface area contributed by atoms with Crippen LogP contribution in [0, 0.1) is 6.07 Å². The van der Waals surface area contributed by atoms with E-state index in [2.05, 4.69) is 6.07 Å². The second-order valence-corrected chi connectivity index (χ2v) is 7.68. The van der Waals surface area contributed by atoms with E-state index in [0.717, 1.165) is 6.07 Å². The van der Waals surface area contributed by atoms with Crippen molar-refractivity contribution < 1.29 is 43.9 Å². The molecule has 0 heterocycles. The van der Waals surface area contributed by atoms with Crippen LogP contribution in [-0.4, -0.2) is 18.6 Å². The maximum Gasteiger partial charge on any atom is 0.435 e. The third-order valence-electron chi connectivity index (χ3n) is 4.89. The van der Waals surface area contributed by atoms with Gasteiger partial charge in [0.1, 0.15) is 0 Å². The summed E-state index contributed by atoms with van der Waals surface area (Å²) in [6.45, 7) is 2.86. The van der Waals surface area contributed by atoms with E-state index in [9.17, 15) is 39.5 Å². The highest BCUT2D eigenvalue weighted by atomic mass is 32.2. The Morgan fingerprint density at radius 1 is 0.812 bits per heavy atom. The van der Waals surface area contributed by atoms with E-state index >= 15 is 4.39 Å². The monoisotopic (exact) mass is 491 g/mol. The highest BCUT2D eigenvalue weighted by molar-refractivity contribution is 7.98. The standard InChI is InChI=1S/C21H17F10S/c1-4-11-8-12(5-2)17(14-7-6-13(19(23,24)25)10-16(14)32-3)15(9-11)18(22,20(26,27)28)21(29,30)31/h6-7,9-10H,4-5H2,1-3H3. The van der Waals surface area contributed by atoms with Gasteiger partial charge in [-0.1, -0.05) is 26.0 Å². The predicted octanol–water partition coefficient (Wildman–Crippen LogP) is 8.31.